The number of benzene rings is 2. The molecule has 214 valence electrons. The van der Waals surface area contributed by atoms with Gasteiger partial charge in [-0.05, 0) is 60.9 Å². The molecule has 0 radical (unpaired) electrons. The predicted octanol–water partition coefficient (Wildman–Crippen LogP) is 3.90. The zero-order valence-corrected chi connectivity index (χ0v) is 23.1. The Morgan fingerprint density at radius 2 is 1.95 bits per heavy atom. The van der Waals surface area contributed by atoms with E-state index in [1.165, 1.54) is 6.07 Å². The van der Waals surface area contributed by atoms with Crippen LogP contribution < -0.4 is 4.74 Å². The van der Waals surface area contributed by atoms with Gasteiger partial charge in [0, 0.05) is 51.4 Å². The number of rotatable bonds is 10. The van der Waals surface area contributed by atoms with E-state index in [2.05, 4.69) is 25.8 Å². The topological polar surface area (TPSA) is 116 Å². The van der Waals surface area contributed by atoms with Crippen molar-refractivity contribution in [2.75, 3.05) is 59.0 Å². The summed E-state index contributed by atoms with van der Waals surface area (Å²) < 4.78 is 19.7. The van der Waals surface area contributed by atoms with Crippen LogP contribution in [0.25, 0.3) is 17.3 Å². The molecule has 10 heteroatoms. The SMILES string of the molecule is N#Cc1cc(-c2cnc(/C=C\C(=N)N3CCCC3c3cccc(F)c3)[nH]2)ccc1OCCN1CCN(CCO)CC1. The molecule has 2 aromatic carbocycles. The Balaban J connectivity index is 1.16. The van der Waals surface area contributed by atoms with Gasteiger partial charge in [-0.1, -0.05) is 12.1 Å². The monoisotopic (exact) mass is 557 g/mol. The Hall–Kier alpha value is -4.04. The second-order valence-electron chi connectivity index (χ2n) is 10.4. The summed E-state index contributed by atoms with van der Waals surface area (Å²) in [7, 11) is 0. The molecule has 2 aliphatic heterocycles. The van der Waals surface area contributed by atoms with Gasteiger partial charge in [0.1, 0.15) is 35.9 Å². The number of β-amino-alcohol motifs (C(OH)–C–C–N with tert-alkyl or cyclic N) is 1. The lowest BCUT2D eigenvalue weighted by Crippen LogP contribution is -2.48. The summed E-state index contributed by atoms with van der Waals surface area (Å²) in [6.45, 7) is 6.70. The fourth-order valence-electron chi connectivity index (χ4n) is 5.51. The van der Waals surface area contributed by atoms with E-state index in [1.54, 1.807) is 36.5 Å². The molecule has 0 amide bonds. The molecule has 41 heavy (non-hydrogen) atoms. The second-order valence-corrected chi connectivity index (χ2v) is 10.4. The van der Waals surface area contributed by atoms with Crippen LogP contribution in [0.1, 0.15) is 35.8 Å². The highest BCUT2D eigenvalue weighted by atomic mass is 19.1. The van der Waals surface area contributed by atoms with E-state index < -0.39 is 0 Å². The van der Waals surface area contributed by atoms with Gasteiger partial charge >= 0.3 is 0 Å². The maximum atomic E-state index is 13.8. The maximum absolute atomic E-state index is 13.8. The number of aliphatic hydroxyl groups is 1. The van der Waals surface area contributed by atoms with Crippen molar-refractivity contribution in [2.45, 2.75) is 18.9 Å². The molecular weight excluding hydrogens is 521 g/mol. The van der Waals surface area contributed by atoms with Crippen molar-refractivity contribution >= 4 is 11.9 Å². The first-order valence-electron chi connectivity index (χ1n) is 14.1. The fraction of sp³-hybridized carbons (Fsp3) is 0.387. The second kappa shape index (κ2) is 13.5. The van der Waals surface area contributed by atoms with Crippen LogP contribution in [0, 0.1) is 22.6 Å². The quantitative estimate of drug-likeness (QED) is 0.256. The summed E-state index contributed by atoms with van der Waals surface area (Å²) in [5, 5.41) is 27.4. The molecule has 9 nitrogen and oxygen atoms in total. The molecule has 0 bridgehead atoms. The molecule has 2 saturated heterocycles. The minimum atomic E-state index is -0.261. The average Bonchev–Trinajstić information content (AvgIpc) is 3.68. The van der Waals surface area contributed by atoms with Crippen LogP contribution in [0.15, 0.2) is 54.7 Å². The first-order valence-corrected chi connectivity index (χ1v) is 14.1. The number of hydrogen-bond acceptors (Lipinski definition) is 7. The van der Waals surface area contributed by atoms with Crippen LogP contribution in [0.5, 0.6) is 5.75 Å². The van der Waals surface area contributed by atoms with Gasteiger partial charge in [-0.2, -0.15) is 5.26 Å². The number of piperazine rings is 1. The Morgan fingerprint density at radius 1 is 1.15 bits per heavy atom. The zero-order valence-electron chi connectivity index (χ0n) is 23.1. The minimum Gasteiger partial charge on any atom is -0.491 e. The Labute approximate surface area is 240 Å². The third-order valence-corrected chi connectivity index (χ3v) is 7.75. The lowest BCUT2D eigenvalue weighted by Gasteiger charge is -2.34. The molecule has 0 saturated carbocycles. The molecule has 1 aromatic heterocycles. The number of hydrogen-bond donors (Lipinski definition) is 3. The highest BCUT2D eigenvalue weighted by Crippen LogP contribution is 2.32. The first kappa shape index (κ1) is 28.5. The van der Waals surface area contributed by atoms with Crippen molar-refractivity contribution in [1.29, 1.82) is 10.7 Å². The van der Waals surface area contributed by atoms with E-state index >= 15 is 0 Å². The van der Waals surface area contributed by atoms with Gasteiger partial charge < -0.3 is 19.7 Å². The van der Waals surface area contributed by atoms with Crippen LogP contribution in [0.2, 0.25) is 0 Å². The third-order valence-electron chi connectivity index (χ3n) is 7.75. The van der Waals surface area contributed by atoms with Crippen LogP contribution in [-0.4, -0.2) is 94.6 Å². The van der Waals surface area contributed by atoms with Crippen LogP contribution in [0.4, 0.5) is 4.39 Å². The summed E-state index contributed by atoms with van der Waals surface area (Å²) in [6, 6.07) is 14.4. The van der Waals surface area contributed by atoms with Gasteiger partial charge in [-0.3, -0.25) is 15.2 Å². The van der Waals surface area contributed by atoms with Crippen molar-refractivity contribution in [3.05, 3.63) is 77.5 Å². The predicted molar refractivity (Wildman–Crippen MR) is 156 cm³/mol. The molecular formula is C31H36FN7O2. The molecule has 0 aliphatic carbocycles. The number of nitriles is 1. The highest BCUT2D eigenvalue weighted by Gasteiger charge is 2.27. The van der Waals surface area contributed by atoms with E-state index in [4.69, 9.17) is 15.3 Å². The third kappa shape index (κ3) is 7.19. The molecule has 5 rings (SSSR count). The number of halogens is 1. The summed E-state index contributed by atoms with van der Waals surface area (Å²) in [6.07, 6.45) is 7.02. The summed E-state index contributed by atoms with van der Waals surface area (Å²) >= 11 is 0. The number of nitrogens with one attached hydrogen (secondary N) is 2. The molecule has 1 atom stereocenters. The van der Waals surface area contributed by atoms with Crippen LogP contribution >= 0.6 is 0 Å². The molecule has 0 spiro atoms. The largest absolute Gasteiger partial charge is 0.491 e. The van der Waals surface area contributed by atoms with Crippen molar-refractivity contribution in [2.24, 2.45) is 0 Å². The number of likely N-dealkylation sites (tertiary alicyclic amines) is 1. The highest BCUT2D eigenvalue weighted by molar-refractivity contribution is 5.94. The normalized spacial score (nSPS) is 18.2. The van der Waals surface area contributed by atoms with Gasteiger partial charge in [-0.15, -0.1) is 0 Å². The first-order chi connectivity index (χ1) is 20.0. The number of H-pyrrole nitrogens is 1. The van der Waals surface area contributed by atoms with E-state index in [0.29, 0.717) is 29.6 Å². The lowest BCUT2D eigenvalue weighted by atomic mass is 10.0. The fourth-order valence-corrected chi connectivity index (χ4v) is 5.51. The van der Waals surface area contributed by atoms with E-state index in [9.17, 15) is 9.65 Å². The van der Waals surface area contributed by atoms with Crippen LogP contribution in [-0.2, 0) is 0 Å². The lowest BCUT2D eigenvalue weighted by molar-refractivity contribution is 0.102. The van der Waals surface area contributed by atoms with Crippen molar-refractivity contribution < 1.29 is 14.2 Å². The molecule has 3 aromatic rings. The number of aromatic amines is 1. The van der Waals surface area contributed by atoms with Gasteiger partial charge in [0.15, 0.2) is 0 Å². The summed E-state index contributed by atoms with van der Waals surface area (Å²) in [4.78, 5) is 14.3. The standard InChI is InChI=1S/C31H36FN7O2/c32-26-4-1-3-24(20-26)28-5-2-10-39(28)30(34)8-9-31-35-22-27(36-31)23-6-7-29(25(19-23)21-33)41-18-16-38-13-11-37(12-14-38)15-17-40/h1,3-4,6-9,19-20,22,28,34,40H,2,5,10-18H2,(H,35,36)/b9-8-,34-30?. The van der Waals surface area contributed by atoms with E-state index in [1.807, 2.05) is 23.1 Å². The van der Waals surface area contributed by atoms with E-state index in [0.717, 1.165) is 75.5 Å². The number of nitrogens with zero attached hydrogens (tertiary/aromatic N) is 5. The smallest absolute Gasteiger partial charge is 0.137 e. The summed E-state index contributed by atoms with van der Waals surface area (Å²) in [5.74, 6) is 1.25. The molecule has 1 unspecified atom stereocenters. The van der Waals surface area contributed by atoms with Gasteiger partial charge in [-0.25, -0.2) is 9.37 Å². The minimum absolute atomic E-state index is 0.0118. The molecule has 3 N–H and O–H groups in total. The number of aliphatic hydroxyl groups excluding tert-OH is 1. The van der Waals surface area contributed by atoms with Gasteiger partial charge in [0.05, 0.1) is 30.1 Å². The zero-order chi connectivity index (χ0) is 28.6. The maximum Gasteiger partial charge on any atom is 0.137 e. The number of aromatic nitrogens is 2. The Bertz CT molecular complexity index is 1410. The van der Waals surface area contributed by atoms with Crippen molar-refractivity contribution in [3.63, 3.8) is 0 Å². The number of ether oxygens (including phenoxy) is 1. The molecule has 2 fully saturated rings. The molecule has 2 aliphatic rings. The van der Waals surface area contributed by atoms with Gasteiger partial charge in [0.25, 0.3) is 0 Å². The van der Waals surface area contributed by atoms with Crippen LogP contribution in [0.3, 0.4) is 0 Å². The Morgan fingerprint density at radius 3 is 2.71 bits per heavy atom. The average molecular weight is 558 g/mol. The Kier molecular flexibility index (Phi) is 9.41. The molecule has 3 heterocycles. The van der Waals surface area contributed by atoms with Gasteiger partial charge in [0.2, 0.25) is 0 Å². The summed E-state index contributed by atoms with van der Waals surface area (Å²) in [5.41, 5.74) is 2.93. The number of imidazole rings is 1. The van der Waals surface area contributed by atoms with Crippen molar-refractivity contribution in [1.82, 2.24) is 24.7 Å². The number of amidine groups is 1. The van der Waals surface area contributed by atoms with Crippen molar-refractivity contribution in [3.8, 4) is 23.1 Å². The van der Waals surface area contributed by atoms with E-state index in [-0.39, 0.29) is 18.5 Å².